The van der Waals surface area contributed by atoms with Crippen LogP contribution in [0.2, 0.25) is 0 Å². The molecule has 0 radical (unpaired) electrons. The highest BCUT2D eigenvalue weighted by atomic mass is 16.6. The van der Waals surface area contributed by atoms with Gasteiger partial charge in [0.25, 0.3) is 5.91 Å². The predicted molar refractivity (Wildman–Crippen MR) is 70.6 cm³/mol. The summed E-state index contributed by atoms with van der Waals surface area (Å²) in [5, 5.41) is 14.9. The summed E-state index contributed by atoms with van der Waals surface area (Å²) in [7, 11) is 0. The number of nitrogens with two attached hydrogens (primary N) is 1. The van der Waals surface area contributed by atoms with Gasteiger partial charge in [-0.1, -0.05) is 0 Å². The first kappa shape index (κ1) is 15.3. The molecule has 0 bridgehead atoms. The number of carbonyl (C=O) groups excluding carboxylic acids is 3. The van der Waals surface area contributed by atoms with Gasteiger partial charge in [-0.15, -0.1) is 0 Å². The number of amides is 4. The summed E-state index contributed by atoms with van der Waals surface area (Å²) < 4.78 is 4.81. The van der Waals surface area contributed by atoms with Gasteiger partial charge in [-0.2, -0.15) is 10.0 Å². The topological polar surface area (TPSA) is 152 Å². The van der Waals surface area contributed by atoms with Crippen LogP contribution >= 0.6 is 0 Å². The van der Waals surface area contributed by atoms with Crippen LogP contribution in [-0.2, 0) is 9.59 Å². The molecule has 1 fully saturated rings. The van der Waals surface area contributed by atoms with Gasteiger partial charge in [0.15, 0.2) is 5.76 Å². The van der Waals surface area contributed by atoms with Gasteiger partial charge in [0, 0.05) is 13.0 Å². The molecular weight excluding hydrogens is 298 g/mol. The number of carbonyl (C=O) groups is 3. The van der Waals surface area contributed by atoms with Crippen LogP contribution in [0, 0.1) is 10.1 Å². The highest BCUT2D eigenvalue weighted by Crippen LogP contribution is 2.15. The van der Waals surface area contributed by atoms with E-state index in [1.165, 1.54) is 6.07 Å². The first-order chi connectivity index (χ1) is 10.4. The van der Waals surface area contributed by atoms with Crippen molar-refractivity contribution < 1.29 is 23.7 Å². The molecule has 116 valence electrons. The molecule has 2 N–H and O–H groups in total. The maximum absolute atomic E-state index is 11.9. The number of hydrogen-bond acceptors (Lipinski definition) is 8. The van der Waals surface area contributed by atoms with Gasteiger partial charge in [0.05, 0.1) is 12.3 Å². The Morgan fingerprint density at radius 1 is 1.50 bits per heavy atom. The average molecular weight is 309 g/mol. The molecule has 2 heterocycles. The number of nitro groups is 1. The molecular formula is C11H11N5O6. The van der Waals surface area contributed by atoms with E-state index in [4.69, 9.17) is 10.2 Å². The van der Waals surface area contributed by atoms with E-state index < -0.39 is 35.2 Å². The van der Waals surface area contributed by atoms with Crippen LogP contribution in [-0.4, -0.2) is 52.0 Å². The third-order valence-corrected chi connectivity index (χ3v) is 2.67. The summed E-state index contributed by atoms with van der Waals surface area (Å²) in [5.41, 5.74) is 5.20. The van der Waals surface area contributed by atoms with Crippen LogP contribution in [0.15, 0.2) is 21.7 Å². The number of hydrazone groups is 1. The fourth-order valence-electron chi connectivity index (χ4n) is 1.70. The Bertz CT molecular complexity index is 666. The molecule has 0 saturated carbocycles. The average Bonchev–Trinajstić information content (AvgIpc) is 3.02. The first-order valence-corrected chi connectivity index (χ1v) is 6.09. The Morgan fingerprint density at radius 2 is 2.23 bits per heavy atom. The standard InChI is InChI=1S/C11H11N5O6/c12-4-3-8(17)15-9(18)6-14(11(15)19)13-5-7-1-2-10(22-7)16(20)21/h1-2,5H,3-4,6,12H2. The minimum atomic E-state index is -0.902. The summed E-state index contributed by atoms with van der Waals surface area (Å²) in [6, 6.07) is 1.50. The lowest BCUT2D eigenvalue weighted by atomic mass is 10.4. The normalized spacial score (nSPS) is 15.1. The van der Waals surface area contributed by atoms with Gasteiger partial charge in [-0.25, -0.2) is 9.80 Å². The van der Waals surface area contributed by atoms with Crippen molar-refractivity contribution in [2.45, 2.75) is 6.42 Å². The molecule has 0 aliphatic carbocycles. The third kappa shape index (κ3) is 2.98. The molecule has 1 aromatic rings. The zero-order chi connectivity index (χ0) is 16.3. The summed E-state index contributed by atoms with van der Waals surface area (Å²) in [6.45, 7) is -0.399. The summed E-state index contributed by atoms with van der Waals surface area (Å²) in [4.78, 5) is 45.3. The quantitative estimate of drug-likeness (QED) is 0.338. The maximum Gasteiger partial charge on any atom is 0.433 e. The van der Waals surface area contributed by atoms with Gasteiger partial charge >= 0.3 is 11.9 Å². The van der Waals surface area contributed by atoms with Crippen molar-refractivity contribution >= 4 is 29.9 Å². The lowest BCUT2D eigenvalue weighted by molar-refractivity contribution is -0.402. The number of urea groups is 1. The van der Waals surface area contributed by atoms with Gasteiger partial charge in [0.2, 0.25) is 5.91 Å². The number of nitrogens with zero attached hydrogens (tertiary/aromatic N) is 4. The highest BCUT2D eigenvalue weighted by Gasteiger charge is 2.40. The van der Waals surface area contributed by atoms with E-state index >= 15 is 0 Å². The monoisotopic (exact) mass is 309 g/mol. The van der Waals surface area contributed by atoms with E-state index in [0.29, 0.717) is 4.90 Å². The molecule has 11 heteroatoms. The van der Waals surface area contributed by atoms with Crippen LogP contribution < -0.4 is 5.73 Å². The van der Waals surface area contributed by atoms with Gasteiger partial charge in [-0.05, 0) is 6.07 Å². The van der Waals surface area contributed by atoms with Crippen molar-refractivity contribution in [1.29, 1.82) is 0 Å². The number of rotatable bonds is 5. The first-order valence-electron chi connectivity index (χ1n) is 6.09. The van der Waals surface area contributed by atoms with E-state index in [2.05, 4.69) is 5.10 Å². The van der Waals surface area contributed by atoms with E-state index in [9.17, 15) is 24.5 Å². The number of furan rings is 1. The van der Waals surface area contributed by atoms with Crippen LogP contribution in [0.5, 0.6) is 0 Å². The van der Waals surface area contributed by atoms with E-state index in [-0.39, 0.29) is 18.7 Å². The molecule has 1 aromatic heterocycles. The highest BCUT2D eigenvalue weighted by molar-refractivity contribution is 6.15. The SMILES string of the molecule is NCCC(=O)N1C(=O)CN(N=Cc2ccc([N+](=O)[O-])o2)C1=O. The van der Waals surface area contributed by atoms with Crippen molar-refractivity contribution in [1.82, 2.24) is 9.91 Å². The minimum Gasteiger partial charge on any atom is -0.400 e. The molecule has 0 spiro atoms. The lowest BCUT2D eigenvalue weighted by Crippen LogP contribution is -2.38. The van der Waals surface area contributed by atoms with Gasteiger partial charge < -0.3 is 10.2 Å². The molecule has 1 aliphatic heterocycles. The summed E-state index contributed by atoms with van der Waals surface area (Å²) in [5.74, 6) is -1.88. The number of imide groups is 3. The molecule has 1 saturated heterocycles. The Hall–Kier alpha value is -3.08. The molecule has 1 aliphatic rings. The van der Waals surface area contributed by atoms with E-state index in [1.54, 1.807) is 0 Å². The fourth-order valence-corrected chi connectivity index (χ4v) is 1.70. The second-order valence-electron chi connectivity index (χ2n) is 4.18. The Balaban J connectivity index is 2.08. The third-order valence-electron chi connectivity index (χ3n) is 2.67. The molecule has 22 heavy (non-hydrogen) atoms. The van der Waals surface area contributed by atoms with E-state index in [0.717, 1.165) is 17.3 Å². The molecule has 2 rings (SSSR count). The van der Waals surface area contributed by atoms with Gasteiger partial charge in [-0.3, -0.25) is 19.7 Å². The van der Waals surface area contributed by atoms with Crippen molar-refractivity contribution in [3.8, 4) is 0 Å². The van der Waals surface area contributed by atoms with Gasteiger partial charge in [0.1, 0.15) is 11.5 Å². The molecule has 4 amide bonds. The van der Waals surface area contributed by atoms with Crippen LogP contribution in [0.4, 0.5) is 10.7 Å². The van der Waals surface area contributed by atoms with Crippen molar-refractivity contribution in [2.24, 2.45) is 10.8 Å². The van der Waals surface area contributed by atoms with Crippen molar-refractivity contribution in [3.05, 3.63) is 28.0 Å². The molecule has 0 unspecified atom stereocenters. The minimum absolute atomic E-state index is 0.00915. The summed E-state index contributed by atoms with van der Waals surface area (Å²) >= 11 is 0. The smallest absolute Gasteiger partial charge is 0.400 e. The zero-order valence-corrected chi connectivity index (χ0v) is 11.2. The largest absolute Gasteiger partial charge is 0.433 e. The van der Waals surface area contributed by atoms with Crippen LogP contribution in [0.25, 0.3) is 0 Å². The second kappa shape index (κ2) is 6.13. The Labute approximate surface area is 123 Å². The van der Waals surface area contributed by atoms with Crippen molar-refractivity contribution in [3.63, 3.8) is 0 Å². The van der Waals surface area contributed by atoms with Crippen LogP contribution in [0.1, 0.15) is 12.2 Å². The molecule has 11 nitrogen and oxygen atoms in total. The maximum atomic E-state index is 11.9. The zero-order valence-electron chi connectivity index (χ0n) is 11.2. The molecule has 0 aromatic carbocycles. The van der Waals surface area contributed by atoms with Crippen LogP contribution in [0.3, 0.4) is 0 Å². The second-order valence-corrected chi connectivity index (χ2v) is 4.18. The molecule has 0 atom stereocenters. The van der Waals surface area contributed by atoms with E-state index in [1.807, 2.05) is 0 Å². The number of hydrogen-bond donors (Lipinski definition) is 1. The lowest BCUT2D eigenvalue weighted by Gasteiger charge is -2.11. The fraction of sp³-hybridized carbons (Fsp3) is 0.273. The Kier molecular flexibility index (Phi) is 4.27. The Morgan fingerprint density at radius 3 is 2.82 bits per heavy atom. The van der Waals surface area contributed by atoms with Crippen molar-refractivity contribution in [2.75, 3.05) is 13.1 Å². The summed E-state index contributed by atoms with van der Waals surface area (Å²) in [6.07, 6.45) is 0.897. The predicted octanol–water partition coefficient (Wildman–Crippen LogP) is -0.339.